The van der Waals surface area contributed by atoms with Gasteiger partial charge in [0.2, 0.25) is 5.88 Å². The number of hydrogen-bond acceptors (Lipinski definition) is 7. The number of benzene rings is 1. The fourth-order valence-corrected chi connectivity index (χ4v) is 3.26. The van der Waals surface area contributed by atoms with Crippen molar-refractivity contribution in [1.82, 2.24) is 15.1 Å². The minimum absolute atomic E-state index is 0.0353. The second-order valence-electron chi connectivity index (χ2n) is 7.20. The zero-order valence-electron chi connectivity index (χ0n) is 14.9. The summed E-state index contributed by atoms with van der Waals surface area (Å²) in [4.78, 5) is 8.41. The van der Waals surface area contributed by atoms with Crippen LogP contribution in [0.3, 0.4) is 0 Å². The van der Waals surface area contributed by atoms with Gasteiger partial charge in [0.1, 0.15) is 23.4 Å². The molecule has 2 fully saturated rings. The van der Waals surface area contributed by atoms with Crippen molar-refractivity contribution >= 4 is 0 Å². The minimum Gasteiger partial charge on any atom is -0.491 e. The minimum atomic E-state index is -0.212. The Balaban J connectivity index is 1.19. The fourth-order valence-electron chi connectivity index (χ4n) is 3.26. The summed E-state index contributed by atoms with van der Waals surface area (Å²) in [5, 5.41) is 12.6. The van der Waals surface area contributed by atoms with Crippen LogP contribution in [-0.2, 0) is 0 Å². The van der Waals surface area contributed by atoms with E-state index >= 15 is 0 Å². The first-order chi connectivity index (χ1) is 13.6. The fraction of sp³-hybridized carbons (Fsp3) is 0.350. The van der Waals surface area contributed by atoms with Crippen molar-refractivity contribution in [2.75, 3.05) is 0 Å². The summed E-state index contributed by atoms with van der Waals surface area (Å²) in [5.74, 6) is 1.15. The maximum absolute atomic E-state index is 14.2. The number of aromatic nitrogens is 3. The summed E-state index contributed by atoms with van der Waals surface area (Å²) in [6.45, 7) is 0. The topological polar surface area (TPSA) is 90.5 Å². The van der Waals surface area contributed by atoms with Crippen molar-refractivity contribution in [3.63, 3.8) is 0 Å². The highest BCUT2D eigenvalue weighted by Crippen LogP contribution is 2.41. The largest absolute Gasteiger partial charge is 0.491 e. The van der Waals surface area contributed by atoms with Crippen LogP contribution in [0, 0.1) is 5.82 Å². The van der Waals surface area contributed by atoms with Crippen LogP contribution in [0.25, 0.3) is 11.5 Å². The van der Waals surface area contributed by atoms with Crippen LogP contribution in [0.1, 0.15) is 37.2 Å². The molecule has 0 saturated heterocycles. The molecule has 0 unspecified atom stereocenters. The van der Waals surface area contributed by atoms with Gasteiger partial charge in [0.15, 0.2) is 5.76 Å². The summed E-state index contributed by atoms with van der Waals surface area (Å²) >= 11 is 0. The smallest absolute Gasteiger partial charge is 0.252 e. The molecule has 2 heterocycles. The normalized spacial score (nSPS) is 21.2. The highest BCUT2D eigenvalue weighted by atomic mass is 19.1. The van der Waals surface area contributed by atoms with Gasteiger partial charge in [-0.05, 0) is 60.5 Å². The van der Waals surface area contributed by atoms with E-state index in [1.54, 1.807) is 6.07 Å². The lowest BCUT2D eigenvalue weighted by atomic mass is 9.77. The maximum atomic E-state index is 14.2. The zero-order chi connectivity index (χ0) is 19.1. The third-order valence-electron chi connectivity index (χ3n) is 4.99. The van der Waals surface area contributed by atoms with Crippen LogP contribution in [0.2, 0.25) is 0 Å². The number of nitrogens with zero attached hydrogens (tertiary/aromatic N) is 3. The molecule has 2 aliphatic carbocycles. The van der Waals surface area contributed by atoms with Crippen molar-refractivity contribution in [2.45, 2.75) is 43.8 Å². The van der Waals surface area contributed by atoms with E-state index in [4.69, 9.17) is 14.0 Å². The van der Waals surface area contributed by atoms with Crippen molar-refractivity contribution in [3.8, 4) is 29.0 Å². The molecule has 8 heteroatoms. The number of ether oxygens (including phenoxy) is 2. The summed E-state index contributed by atoms with van der Waals surface area (Å²) in [5.41, 5.74) is 1.13. The predicted octanol–water partition coefficient (Wildman–Crippen LogP) is 3.84. The van der Waals surface area contributed by atoms with E-state index in [-0.39, 0.29) is 23.7 Å². The molecule has 7 nitrogen and oxygen atoms in total. The molecule has 1 aromatic carbocycles. The Kier molecular flexibility index (Phi) is 4.11. The quantitative estimate of drug-likeness (QED) is 0.691. The molecule has 3 aromatic rings. The number of halogens is 1. The standard InChI is InChI=1S/C20H18FN3O4/c21-16-4-3-13(26-12-1-2-12)7-15(16)11-5-14(6-11)27-20-10-22-17(9-23-20)18-8-19(25)24-28-18/h3-4,7-12,14H,1-2,5-6H2,(H,24,25)/t11-,14+. The molecule has 1 N–H and O–H groups in total. The second kappa shape index (κ2) is 6.78. The molecule has 0 amide bonds. The lowest BCUT2D eigenvalue weighted by Gasteiger charge is -2.35. The van der Waals surface area contributed by atoms with Crippen molar-refractivity contribution in [3.05, 3.63) is 48.0 Å². The van der Waals surface area contributed by atoms with E-state index < -0.39 is 0 Å². The molecule has 0 atom stereocenters. The zero-order valence-corrected chi connectivity index (χ0v) is 14.9. The van der Waals surface area contributed by atoms with Gasteiger partial charge in [0, 0.05) is 0 Å². The van der Waals surface area contributed by atoms with E-state index in [9.17, 15) is 9.50 Å². The Morgan fingerprint density at radius 1 is 1.04 bits per heavy atom. The SMILES string of the molecule is Oc1cc(-c2cnc(O[C@H]3C[C@@H](c4cc(OC5CC5)ccc4F)C3)cn2)on1. The number of rotatable bonds is 6. The molecule has 2 saturated carbocycles. The predicted molar refractivity (Wildman–Crippen MR) is 95.6 cm³/mol. The average Bonchev–Trinajstić information content (AvgIpc) is 3.38. The first kappa shape index (κ1) is 17.0. The number of aromatic hydroxyl groups is 1. The Bertz CT molecular complexity index is 981. The molecule has 2 aromatic heterocycles. The van der Waals surface area contributed by atoms with Crippen molar-refractivity contribution in [1.29, 1.82) is 0 Å². The van der Waals surface area contributed by atoms with E-state index in [1.807, 2.05) is 6.07 Å². The number of hydrogen-bond donors (Lipinski definition) is 1. The highest BCUT2D eigenvalue weighted by Gasteiger charge is 2.34. The van der Waals surface area contributed by atoms with Gasteiger partial charge in [0.25, 0.3) is 5.88 Å². The Morgan fingerprint density at radius 2 is 1.89 bits per heavy atom. The lowest BCUT2D eigenvalue weighted by Crippen LogP contribution is -2.33. The van der Waals surface area contributed by atoms with Crippen LogP contribution in [0.15, 0.2) is 41.2 Å². The van der Waals surface area contributed by atoms with Gasteiger partial charge in [-0.15, -0.1) is 0 Å². The summed E-state index contributed by atoms with van der Waals surface area (Å²) in [6, 6.07) is 6.34. The van der Waals surface area contributed by atoms with E-state index in [0.29, 0.717) is 41.8 Å². The van der Waals surface area contributed by atoms with Gasteiger partial charge in [-0.3, -0.25) is 0 Å². The van der Waals surface area contributed by atoms with Crippen LogP contribution in [-0.4, -0.2) is 32.4 Å². The Morgan fingerprint density at radius 3 is 2.57 bits per heavy atom. The highest BCUT2D eigenvalue weighted by molar-refractivity contribution is 5.51. The third kappa shape index (κ3) is 3.49. The first-order valence-corrected chi connectivity index (χ1v) is 9.25. The first-order valence-electron chi connectivity index (χ1n) is 9.25. The van der Waals surface area contributed by atoms with E-state index in [1.165, 1.54) is 24.5 Å². The van der Waals surface area contributed by atoms with Crippen molar-refractivity contribution in [2.24, 2.45) is 0 Å². The van der Waals surface area contributed by atoms with Crippen molar-refractivity contribution < 1.29 is 23.5 Å². The van der Waals surface area contributed by atoms with Gasteiger partial charge in [-0.1, -0.05) is 0 Å². The molecule has 0 bridgehead atoms. The van der Waals surface area contributed by atoms with Crippen LogP contribution in [0.5, 0.6) is 17.5 Å². The second-order valence-corrected chi connectivity index (χ2v) is 7.20. The summed E-state index contributed by atoms with van der Waals surface area (Å²) < 4.78 is 30.7. The molecule has 0 aliphatic heterocycles. The van der Waals surface area contributed by atoms with E-state index in [0.717, 1.165) is 18.6 Å². The van der Waals surface area contributed by atoms with Crippen LogP contribution >= 0.6 is 0 Å². The lowest BCUT2D eigenvalue weighted by molar-refractivity contribution is 0.0917. The third-order valence-corrected chi connectivity index (χ3v) is 4.99. The monoisotopic (exact) mass is 383 g/mol. The Hall–Kier alpha value is -3.16. The summed E-state index contributed by atoms with van der Waals surface area (Å²) in [7, 11) is 0. The average molecular weight is 383 g/mol. The molecular formula is C20H18FN3O4. The summed E-state index contributed by atoms with van der Waals surface area (Å²) in [6.07, 6.45) is 6.81. The van der Waals surface area contributed by atoms with Crippen LogP contribution < -0.4 is 9.47 Å². The van der Waals surface area contributed by atoms with Gasteiger partial charge in [-0.2, -0.15) is 0 Å². The molecule has 0 spiro atoms. The molecule has 28 heavy (non-hydrogen) atoms. The van der Waals surface area contributed by atoms with E-state index in [2.05, 4.69) is 15.1 Å². The molecule has 2 aliphatic rings. The molecular weight excluding hydrogens is 365 g/mol. The van der Waals surface area contributed by atoms with Gasteiger partial charge >= 0.3 is 0 Å². The Labute approximate surface area is 160 Å². The van der Waals surface area contributed by atoms with Gasteiger partial charge < -0.3 is 19.1 Å². The molecule has 5 rings (SSSR count). The van der Waals surface area contributed by atoms with Crippen LogP contribution in [0.4, 0.5) is 4.39 Å². The van der Waals surface area contributed by atoms with Gasteiger partial charge in [-0.25, -0.2) is 14.4 Å². The van der Waals surface area contributed by atoms with Gasteiger partial charge in [0.05, 0.1) is 24.6 Å². The maximum Gasteiger partial charge on any atom is 0.252 e. The molecule has 0 radical (unpaired) electrons. The molecule has 144 valence electrons.